The molecule has 0 N–H and O–H groups in total. The Hall–Kier alpha value is -2.78. The van der Waals surface area contributed by atoms with E-state index in [1.165, 1.54) is 16.4 Å². The second kappa shape index (κ2) is 10.7. The van der Waals surface area contributed by atoms with Gasteiger partial charge in [0, 0.05) is 39.3 Å². The predicted molar refractivity (Wildman–Crippen MR) is 124 cm³/mol. The van der Waals surface area contributed by atoms with Crippen molar-refractivity contribution in [1.29, 1.82) is 0 Å². The Kier molecular flexibility index (Phi) is 7.98. The number of rotatable bonds is 9. The Bertz CT molecular complexity index is 999. The van der Waals surface area contributed by atoms with Crippen LogP contribution in [0.25, 0.3) is 0 Å². The quantitative estimate of drug-likeness (QED) is 0.571. The lowest BCUT2D eigenvalue weighted by molar-refractivity contribution is -0.133. The Morgan fingerprint density at radius 3 is 2.19 bits per heavy atom. The number of hydrogen-bond acceptors (Lipinski definition) is 6. The predicted octanol–water partition coefficient (Wildman–Crippen LogP) is 2.45. The SMILES string of the molecule is CCN(CC)S(=O)(=O)c1ccc(OCC(=O)N2CCN(c3ccccc3OC)CC2)cc1. The molecule has 0 aliphatic carbocycles. The summed E-state index contributed by atoms with van der Waals surface area (Å²) in [4.78, 5) is 16.8. The van der Waals surface area contributed by atoms with Crippen LogP contribution >= 0.6 is 0 Å². The fourth-order valence-corrected chi connectivity index (χ4v) is 5.20. The topological polar surface area (TPSA) is 79.4 Å². The van der Waals surface area contributed by atoms with Crippen molar-refractivity contribution in [1.82, 2.24) is 9.21 Å². The maximum atomic E-state index is 12.6. The first-order chi connectivity index (χ1) is 15.4. The van der Waals surface area contributed by atoms with E-state index >= 15 is 0 Å². The lowest BCUT2D eigenvalue weighted by Crippen LogP contribution is -2.50. The molecule has 0 saturated carbocycles. The van der Waals surface area contributed by atoms with Crippen molar-refractivity contribution in [3.05, 3.63) is 48.5 Å². The van der Waals surface area contributed by atoms with E-state index in [0.29, 0.717) is 45.0 Å². The van der Waals surface area contributed by atoms with Crippen LogP contribution in [0.15, 0.2) is 53.4 Å². The Labute approximate surface area is 190 Å². The largest absolute Gasteiger partial charge is 0.495 e. The lowest BCUT2D eigenvalue weighted by atomic mass is 10.2. The van der Waals surface area contributed by atoms with Gasteiger partial charge < -0.3 is 19.3 Å². The third kappa shape index (κ3) is 5.34. The van der Waals surface area contributed by atoms with E-state index in [-0.39, 0.29) is 17.4 Å². The minimum absolute atomic E-state index is 0.0865. The van der Waals surface area contributed by atoms with Crippen molar-refractivity contribution < 1.29 is 22.7 Å². The summed E-state index contributed by atoms with van der Waals surface area (Å²) in [5, 5.41) is 0. The third-order valence-corrected chi connectivity index (χ3v) is 7.65. The average molecular weight is 462 g/mol. The molecule has 0 aromatic heterocycles. The molecular formula is C23H31N3O5S. The van der Waals surface area contributed by atoms with Gasteiger partial charge in [-0.15, -0.1) is 0 Å². The van der Waals surface area contributed by atoms with E-state index < -0.39 is 10.0 Å². The van der Waals surface area contributed by atoms with Crippen LogP contribution in [0.1, 0.15) is 13.8 Å². The second-order valence-corrected chi connectivity index (χ2v) is 9.33. The van der Waals surface area contributed by atoms with Gasteiger partial charge in [-0.25, -0.2) is 8.42 Å². The molecule has 0 bridgehead atoms. The minimum Gasteiger partial charge on any atom is -0.495 e. The second-order valence-electron chi connectivity index (χ2n) is 7.39. The van der Waals surface area contributed by atoms with Gasteiger partial charge in [0.2, 0.25) is 10.0 Å². The van der Waals surface area contributed by atoms with Gasteiger partial charge in [-0.05, 0) is 36.4 Å². The Morgan fingerprint density at radius 2 is 1.59 bits per heavy atom. The fraction of sp³-hybridized carbons (Fsp3) is 0.435. The van der Waals surface area contributed by atoms with Crippen molar-refractivity contribution in [3.8, 4) is 11.5 Å². The standard InChI is InChI=1S/C23H31N3O5S/c1-4-26(5-2)32(28,29)20-12-10-19(11-13-20)31-18-23(27)25-16-14-24(15-17-25)21-8-6-7-9-22(21)30-3/h6-13H,4-5,14-18H2,1-3H3. The number of sulfonamides is 1. The molecule has 2 aromatic carbocycles. The number of hydrogen-bond donors (Lipinski definition) is 0. The van der Waals surface area contributed by atoms with E-state index in [2.05, 4.69) is 4.90 Å². The van der Waals surface area contributed by atoms with Gasteiger partial charge in [0.15, 0.2) is 6.61 Å². The van der Waals surface area contributed by atoms with E-state index in [1.807, 2.05) is 24.3 Å². The molecule has 0 atom stereocenters. The molecule has 1 aliphatic heterocycles. The van der Waals surface area contributed by atoms with Crippen LogP contribution < -0.4 is 14.4 Å². The maximum absolute atomic E-state index is 12.6. The van der Waals surface area contributed by atoms with E-state index in [4.69, 9.17) is 9.47 Å². The van der Waals surface area contributed by atoms with Crippen molar-refractivity contribution in [2.75, 3.05) is 57.9 Å². The first-order valence-electron chi connectivity index (χ1n) is 10.8. The number of benzene rings is 2. The molecule has 8 nitrogen and oxygen atoms in total. The summed E-state index contributed by atoms with van der Waals surface area (Å²) in [5.41, 5.74) is 1.03. The van der Waals surface area contributed by atoms with Crippen LogP contribution in [0, 0.1) is 0 Å². The zero-order chi connectivity index (χ0) is 23.1. The number of anilines is 1. The maximum Gasteiger partial charge on any atom is 0.260 e. The van der Waals surface area contributed by atoms with E-state index in [9.17, 15) is 13.2 Å². The third-order valence-electron chi connectivity index (χ3n) is 5.59. The average Bonchev–Trinajstić information content (AvgIpc) is 2.83. The van der Waals surface area contributed by atoms with Gasteiger partial charge in [-0.1, -0.05) is 26.0 Å². The summed E-state index contributed by atoms with van der Waals surface area (Å²) in [6.45, 7) is 6.97. The lowest BCUT2D eigenvalue weighted by Gasteiger charge is -2.36. The molecule has 2 aromatic rings. The molecule has 0 unspecified atom stereocenters. The molecule has 32 heavy (non-hydrogen) atoms. The molecule has 1 fully saturated rings. The van der Waals surface area contributed by atoms with Crippen LogP contribution in [0.3, 0.4) is 0 Å². The number of carbonyl (C=O) groups excluding carboxylic acids is 1. The summed E-state index contributed by atoms with van der Waals surface area (Å²) in [5.74, 6) is 1.19. The molecule has 0 radical (unpaired) electrons. The highest BCUT2D eigenvalue weighted by atomic mass is 32.2. The Morgan fingerprint density at radius 1 is 0.969 bits per heavy atom. The molecular weight excluding hydrogens is 430 g/mol. The zero-order valence-electron chi connectivity index (χ0n) is 18.9. The Balaban J connectivity index is 1.52. The van der Waals surface area contributed by atoms with Gasteiger partial charge in [0.25, 0.3) is 5.91 Å². The number of para-hydroxylation sites is 2. The summed E-state index contributed by atoms with van der Waals surface area (Å²) in [6, 6.07) is 14.1. The van der Waals surface area contributed by atoms with Crippen LogP contribution in [0.2, 0.25) is 0 Å². The van der Waals surface area contributed by atoms with Crippen molar-refractivity contribution >= 4 is 21.6 Å². The van der Waals surface area contributed by atoms with Crippen LogP contribution in [-0.2, 0) is 14.8 Å². The van der Waals surface area contributed by atoms with Gasteiger partial charge in [0.05, 0.1) is 17.7 Å². The molecule has 3 rings (SSSR count). The molecule has 174 valence electrons. The fourth-order valence-electron chi connectivity index (χ4n) is 3.74. The van der Waals surface area contributed by atoms with Crippen molar-refractivity contribution in [3.63, 3.8) is 0 Å². The van der Waals surface area contributed by atoms with Crippen molar-refractivity contribution in [2.24, 2.45) is 0 Å². The monoisotopic (exact) mass is 461 g/mol. The first-order valence-corrected chi connectivity index (χ1v) is 12.2. The molecule has 1 saturated heterocycles. The first kappa shape index (κ1) is 23.9. The van der Waals surface area contributed by atoms with E-state index in [1.54, 1.807) is 38.0 Å². The summed E-state index contributed by atoms with van der Waals surface area (Å²) in [6.07, 6.45) is 0. The molecule has 0 spiro atoms. The van der Waals surface area contributed by atoms with Crippen LogP contribution in [-0.4, -0.2) is 76.5 Å². The molecule has 1 aliphatic rings. The highest BCUT2D eigenvalue weighted by Crippen LogP contribution is 2.28. The number of piperazine rings is 1. The van der Waals surface area contributed by atoms with E-state index in [0.717, 1.165) is 11.4 Å². The van der Waals surface area contributed by atoms with Gasteiger partial charge >= 0.3 is 0 Å². The molecule has 9 heteroatoms. The number of ether oxygens (including phenoxy) is 2. The van der Waals surface area contributed by atoms with Crippen LogP contribution in [0.5, 0.6) is 11.5 Å². The number of carbonyl (C=O) groups is 1. The molecule has 1 amide bonds. The minimum atomic E-state index is -3.51. The summed E-state index contributed by atoms with van der Waals surface area (Å²) >= 11 is 0. The number of amides is 1. The normalized spacial score (nSPS) is 14.5. The highest BCUT2D eigenvalue weighted by Gasteiger charge is 2.24. The highest BCUT2D eigenvalue weighted by molar-refractivity contribution is 7.89. The van der Waals surface area contributed by atoms with Gasteiger partial charge in [0.1, 0.15) is 11.5 Å². The smallest absolute Gasteiger partial charge is 0.260 e. The molecule has 1 heterocycles. The van der Waals surface area contributed by atoms with Gasteiger partial charge in [-0.2, -0.15) is 4.31 Å². The number of nitrogens with zero attached hydrogens (tertiary/aromatic N) is 3. The number of methoxy groups -OCH3 is 1. The van der Waals surface area contributed by atoms with Crippen molar-refractivity contribution in [2.45, 2.75) is 18.7 Å². The summed E-state index contributed by atoms with van der Waals surface area (Å²) < 4.78 is 37.6. The zero-order valence-corrected chi connectivity index (χ0v) is 19.7. The van der Waals surface area contributed by atoms with Crippen LogP contribution in [0.4, 0.5) is 5.69 Å². The van der Waals surface area contributed by atoms with Gasteiger partial charge in [-0.3, -0.25) is 4.79 Å². The summed E-state index contributed by atoms with van der Waals surface area (Å²) in [7, 11) is -1.86.